The van der Waals surface area contributed by atoms with Gasteiger partial charge in [-0.2, -0.15) is 0 Å². The fourth-order valence-electron chi connectivity index (χ4n) is 2.92. The van der Waals surface area contributed by atoms with E-state index in [4.69, 9.17) is 4.74 Å². The highest BCUT2D eigenvalue weighted by Gasteiger charge is 2.23. The van der Waals surface area contributed by atoms with Gasteiger partial charge in [-0.25, -0.2) is 0 Å². The molecule has 4 rings (SSSR count). The van der Waals surface area contributed by atoms with Crippen LogP contribution in [0.3, 0.4) is 0 Å². The maximum Gasteiger partial charge on any atom is 0.267 e. The number of amides is 1. The van der Waals surface area contributed by atoms with Crippen LogP contribution < -0.4 is 10.1 Å². The number of hydrogen-bond acceptors (Lipinski definition) is 5. The van der Waals surface area contributed by atoms with E-state index in [0.29, 0.717) is 0 Å². The van der Waals surface area contributed by atoms with E-state index in [1.807, 2.05) is 12.1 Å². The third kappa shape index (κ3) is 2.77. The molecule has 4 nitrogen and oxygen atoms in total. The molecule has 6 heteroatoms. The minimum atomic E-state index is -0.0485. The number of aryl methyl sites for hydroxylation is 2. The number of methoxy groups -OCH3 is 1. The van der Waals surface area contributed by atoms with E-state index >= 15 is 0 Å². The molecule has 1 aliphatic carbocycles. The van der Waals surface area contributed by atoms with Crippen LogP contribution in [0.2, 0.25) is 0 Å². The summed E-state index contributed by atoms with van der Waals surface area (Å²) >= 11 is 3.17. The molecule has 0 radical (unpaired) electrons. The molecule has 0 atom stereocenters. The number of fused-ring (bicyclic) bond motifs is 3. The first-order chi connectivity index (χ1) is 11.2. The monoisotopic (exact) mass is 344 g/mol. The SMILES string of the molecule is COc1ccc2c(c1)CCc1cc(C(=O)NC3=NCCS3)sc1-2. The average Bonchev–Trinajstić information content (AvgIpc) is 3.23. The van der Waals surface area contributed by atoms with Crippen molar-refractivity contribution in [1.82, 2.24) is 5.32 Å². The number of nitrogens with one attached hydrogen (secondary N) is 1. The Kier molecular flexibility index (Phi) is 3.87. The van der Waals surface area contributed by atoms with Crippen molar-refractivity contribution >= 4 is 34.2 Å². The van der Waals surface area contributed by atoms with Crippen LogP contribution in [0.1, 0.15) is 20.8 Å². The van der Waals surface area contributed by atoms with Gasteiger partial charge in [-0.3, -0.25) is 9.79 Å². The Hall–Kier alpha value is -1.79. The lowest BCUT2D eigenvalue weighted by molar-refractivity contribution is 0.0982. The number of aliphatic imine (C=N–C) groups is 1. The second-order valence-electron chi connectivity index (χ2n) is 5.48. The summed E-state index contributed by atoms with van der Waals surface area (Å²) in [4.78, 5) is 18.7. The van der Waals surface area contributed by atoms with E-state index in [9.17, 15) is 4.79 Å². The molecule has 0 saturated carbocycles. The lowest BCUT2D eigenvalue weighted by atomic mass is 9.91. The second-order valence-corrected chi connectivity index (χ2v) is 7.61. The maximum atomic E-state index is 12.4. The van der Waals surface area contributed by atoms with Crippen molar-refractivity contribution in [2.75, 3.05) is 19.4 Å². The fraction of sp³-hybridized carbons (Fsp3) is 0.294. The van der Waals surface area contributed by atoms with E-state index in [-0.39, 0.29) is 5.91 Å². The predicted molar refractivity (Wildman–Crippen MR) is 95.9 cm³/mol. The number of thioether (sulfide) groups is 1. The van der Waals surface area contributed by atoms with E-state index < -0.39 is 0 Å². The first-order valence-corrected chi connectivity index (χ1v) is 9.33. The molecule has 0 bridgehead atoms. The molecule has 0 fully saturated rings. The summed E-state index contributed by atoms with van der Waals surface area (Å²) in [6.45, 7) is 0.788. The summed E-state index contributed by atoms with van der Waals surface area (Å²) in [5.74, 6) is 1.79. The molecular formula is C17H16N2O2S2. The van der Waals surface area contributed by atoms with E-state index in [0.717, 1.165) is 40.9 Å². The Balaban J connectivity index is 1.64. The molecule has 1 aromatic carbocycles. The quantitative estimate of drug-likeness (QED) is 0.909. The van der Waals surface area contributed by atoms with Gasteiger partial charge in [0.25, 0.3) is 5.91 Å². The topological polar surface area (TPSA) is 50.7 Å². The number of hydrogen-bond donors (Lipinski definition) is 1. The van der Waals surface area contributed by atoms with Crippen LogP contribution in [0.15, 0.2) is 29.3 Å². The molecule has 0 saturated heterocycles. The number of amidine groups is 1. The standard InChI is InChI=1S/C17H16N2O2S2/c1-21-12-4-5-13-10(8-12)2-3-11-9-14(23-15(11)13)16(20)19-17-18-6-7-22-17/h4-5,8-9H,2-3,6-7H2,1H3,(H,18,19,20). The lowest BCUT2D eigenvalue weighted by Crippen LogP contribution is -2.26. The number of nitrogens with zero attached hydrogens (tertiary/aromatic N) is 1. The number of carbonyl (C=O) groups is 1. The molecule has 118 valence electrons. The van der Waals surface area contributed by atoms with Crippen molar-refractivity contribution in [3.05, 3.63) is 40.3 Å². The van der Waals surface area contributed by atoms with Crippen molar-refractivity contribution in [2.24, 2.45) is 4.99 Å². The Morgan fingerprint density at radius 3 is 2.91 bits per heavy atom. The largest absolute Gasteiger partial charge is 0.497 e. The molecule has 1 aromatic heterocycles. The highest BCUT2D eigenvalue weighted by Crippen LogP contribution is 2.40. The van der Waals surface area contributed by atoms with E-state index in [1.165, 1.54) is 21.6 Å². The van der Waals surface area contributed by atoms with Gasteiger partial charge in [-0.05, 0) is 53.8 Å². The molecule has 2 heterocycles. The van der Waals surface area contributed by atoms with Crippen molar-refractivity contribution < 1.29 is 9.53 Å². The summed E-state index contributed by atoms with van der Waals surface area (Å²) in [7, 11) is 1.69. The van der Waals surface area contributed by atoms with Crippen LogP contribution in [0.4, 0.5) is 0 Å². The minimum absolute atomic E-state index is 0.0485. The highest BCUT2D eigenvalue weighted by molar-refractivity contribution is 8.14. The molecule has 0 spiro atoms. The fourth-order valence-corrected chi connectivity index (χ4v) is 4.81. The van der Waals surface area contributed by atoms with Gasteiger partial charge in [0.1, 0.15) is 5.75 Å². The highest BCUT2D eigenvalue weighted by atomic mass is 32.2. The van der Waals surface area contributed by atoms with Gasteiger partial charge < -0.3 is 10.1 Å². The van der Waals surface area contributed by atoms with Crippen LogP contribution in [0.5, 0.6) is 5.75 Å². The zero-order valence-corrected chi connectivity index (χ0v) is 14.4. The summed E-state index contributed by atoms with van der Waals surface area (Å²) < 4.78 is 5.31. The number of rotatable bonds is 2. The lowest BCUT2D eigenvalue weighted by Gasteiger charge is -2.16. The molecular weight excluding hydrogens is 328 g/mol. The van der Waals surface area contributed by atoms with Gasteiger partial charge in [0.05, 0.1) is 18.5 Å². The third-order valence-corrected chi connectivity index (χ3v) is 6.16. The summed E-state index contributed by atoms with van der Waals surface area (Å²) in [6.07, 6.45) is 1.95. The average molecular weight is 344 g/mol. The van der Waals surface area contributed by atoms with Gasteiger partial charge in [-0.1, -0.05) is 11.8 Å². The van der Waals surface area contributed by atoms with E-state index in [1.54, 1.807) is 30.2 Å². The number of carbonyl (C=O) groups excluding carboxylic acids is 1. The zero-order valence-electron chi connectivity index (χ0n) is 12.7. The Bertz CT molecular complexity index is 811. The predicted octanol–water partition coefficient (Wildman–Crippen LogP) is 3.35. The molecule has 0 unspecified atom stereocenters. The summed E-state index contributed by atoms with van der Waals surface area (Å²) in [6, 6.07) is 8.21. The van der Waals surface area contributed by atoms with Crippen LogP contribution in [-0.2, 0) is 12.8 Å². The van der Waals surface area contributed by atoms with Gasteiger partial charge >= 0.3 is 0 Å². The molecule has 23 heavy (non-hydrogen) atoms. The van der Waals surface area contributed by atoms with Crippen LogP contribution in [0.25, 0.3) is 10.4 Å². The van der Waals surface area contributed by atoms with Crippen LogP contribution >= 0.6 is 23.1 Å². The third-order valence-electron chi connectivity index (χ3n) is 4.06. The van der Waals surface area contributed by atoms with Gasteiger partial charge in [0.2, 0.25) is 0 Å². The van der Waals surface area contributed by atoms with E-state index in [2.05, 4.69) is 22.4 Å². The van der Waals surface area contributed by atoms with Crippen LogP contribution in [-0.4, -0.2) is 30.5 Å². The summed E-state index contributed by atoms with van der Waals surface area (Å²) in [5.41, 5.74) is 3.78. The molecule has 1 amide bonds. The number of ether oxygens (including phenoxy) is 1. The van der Waals surface area contributed by atoms with Crippen molar-refractivity contribution in [2.45, 2.75) is 12.8 Å². The second kappa shape index (κ2) is 6.02. The minimum Gasteiger partial charge on any atom is -0.497 e. The van der Waals surface area contributed by atoms with Crippen molar-refractivity contribution in [3.8, 4) is 16.2 Å². The maximum absolute atomic E-state index is 12.4. The molecule has 1 N–H and O–H groups in total. The Labute approximate surface area is 143 Å². The Morgan fingerprint density at radius 2 is 2.13 bits per heavy atom. The number of thiophene rings is 1. The summed E-state index contributed by atoms with van der Waals surface area (Å²) in [5, 5.41) is 3.65. The van der Waals surface area contributed by atoms with Gasteiger partial charge in [-0.15, -0.1) is 11.3 Å². The Morgan fingerprint density at radius 1 is 1.26 bits per heavy atom. The molecule has 2 aliphatic rings. The molecule has 2 aromatic rings. The first-order valence-electron chi connectivity index (χ1n) is 7.53. The normalized spacial score (nSPS) is 15.6. The smallest absolute Gasteiger partial charge is 0.267 e. The molecule has 1 aliphatic heterocycles. The first kappa shape index (κ1) is 14.8. The van der Waals surface area contributed by atoms with Gasteiger partial charge in [0.15, 0.2) is 5.17 Å². The van der Waals surface area contributed by atoms with Gasteiger partial charge in [0, 0.05) is 10.6 Å². The van der Waals surface area contributed by atoms with Crippen molar-refractivity contribution in [1.29, 1.82) is 0 Å². The number of benzene rings is 1. The van der Waals surface area contributed by atoms with Crippen LogP contribution in [0, 0.1) is 0 Å². The zero-order chi connectivity index (χ0) is 15.8. The van der Waals surface area contributed by atoms with Crippen molar-refractivity contribution in [3.63, 3.8) is 0 Å².